The molecule has 3 aromatic rings. The molecule has 0 amide bonds. The zero-order valence-electron chi connectivity index (χ0n) is 11.5. The summed E-state index contributed by atoms with van der Waals surface area (Å²) < 4.78 is 2.01. The van der Waals surface area contributed by atoms with E-state index in [1.807, 2.05) is 30.7 Å². The van der Waals surface area contributed by atoms with Crippen LogP contribution in [0, 0.1) is 17.0 Å². The van der Waals surface area contributed by atoms with Crippen molar-refractivity contribution in [3.8, 4) is 11.3 Å². The van der Waals surface area contributed by atoms with E-state index in [4.69, 9.17) is 11.6 Å². The molecule has 0 bridgehead atoms. The minimum Gasteiger partial charge on any atom is -0.343 e. The number of aryl methyl sites for hydroxylation is 2. The molecule has 1 aromatic carbocycles. The molecule has 106 valence electrons. The van der Waals surface area contributed by atoms with Crippen LogP contribution in [-0.4, -0.2) is 14.5 Å². The van der Waals surface area contributed by atoms with Gasteiger partial charge in [0.1, 0.15) is 5.15 Å². The molecule has 6 heteroatoms. The minimum atomic E-state index is -0.390. The molecule has 21 heavy (non-hydrogen) atoms. The van der Waals surface area contributed by atoms with Crippen molar-refractivity contribution in [2.24, 2.45) is 7.05 Å². The van der Waals surface area contributed by atoms with E-state index < -0.39 is 0 Å². The van der Waals surface area contributed by atoms with Crippen LogP contribution in [0.15, 0.2) is 36.5 Å². The van der Waals surface area contributed by atoms with Gasteiger partial charge in [0.25, 0.3) is 5.69 Å². The van der Waals surface area contributed by atoms with Gasteiger partial charge in [-0.1, -0.05) is 11.6 Å². The van der Waals surface area contributed by atoms with E-state index in [1.165, 1.54) is 6.07 Å². The first-order valence-electron chi connectivity index (χ1n) is 6.34. The Morgan fingerprint density at radius 3 is 2.67 bits per heavy atom. The summed E-state index contributed by atoms with van der Waals surface area (Å²) in [6.45, 7) is 1.86. The van der Waals surface area contributed by atoms with E-state index in [9.17, 15) is 10.1 Å². The fourth-order valence-electron chi connectivity index (χ4n) is 2.53. The van der Waals surface area contributed by atoms with Gasteiger partial charge in [0.2, 0.25) is 0 Å². The van der Waals surface area contributed by atoms with E-state index in [0.29, 0.717) is 5.15 Å². The molecule has 0 aliphatic heterocycles. The maximum Gasteiger partial charge on any atom is 0.269 e. The molecule has 0 unspecified atom stereocenters. The van der Waals surface area contributed by atoms with Crippen LogP contribution in [0.3, 0.4) is 0 Å². The Balaban J connectivity index is 2.23. The van der Waals surface area contributed by atoms with Crippen LogP contribution in [0.5, 0.6) is 0 Å². The van der Waals surface area contributed by atoms with Crippen molar-refractivity contribution in [3.63, 3.8) is 0 Å². The molecule has 5 nitrogen and oxygen atoms in total. The van der Waals surface area contributed by atoms with Crippen molar-refractivity contribution in [1.82, 2.24) is 9.55 Å². The molecular weight excluding hydrogens is 290 g/mol. The molecule has 3 rings (SSSR count). The van der Waals surface area contributed by atoms with Gasteiger partial charge in [-0.15, -0.1) is 0 Å². The van der Waals surface area contributed by atoms with Gasteiger partial charge >= 0.3 is 0 Å². The van der Waals surface area contributed by atoms with Gasteiger partial charge in [-0.3, -0.25) is 10.1 Å². The van der Waals surface area contributed by atoms with Crippen LogP contribution in [0.25, 0.3) is 22.2 Å². The molecule has 0 N–H and O–H groups in total. The second-order valence-corrected chi connectivity index (χ2v) is 5.24. The fraction of sp³-hybridized carbons (Fsp3) is 0.133. The van der Waals surface area contributed by atoms with Gasteiger partial charge in [-0.25, -0.2) is 4.98 Å². The van der Waals surface area contributed by atoms with Crippen molar-refractivity contribution >= 4 is 28.2 Å². The molecule has 2 heterocycles. The van der Waals surface area contributed by atoms with Gasteiger partial charge in [0.15, 0.2) is 0 Å². The average molecular weight is 302 g/mol. The highest BCUT2D eigenvalue weighted by molar-refractivity contribution is 6.34. The summed E-state index contributed by atoms with van der Waals surface area (Å²) in [6.07, 6.45) is 1.66. The first-order chi connectivity index (χ1) is 9.99. The molecule has 0 aliphatic carbocycles. The maximum atomic E-state index is 10.8. The Bertz CT molecular complexity index is 871. The van der Waals surface area contributed by atoms with Gasteiger partial charge in [-0.2, -0.15) is 0 Å². The Morgan fingerprint density at radius 2 is 2.05 bits per heavy atom. The number of nitrogens with zero attached hydrogens (tertiary/aromatic N) is 3. The molecule has 0 radical (unpaired) electrons. The SMILES string of the molecule is Cc1cc([N+](=O)[O-])ccc1-c1cc2c(Cl)nccc2n1C. The van der Waals surface area contributed by atoms with Gasteiger partial charge < -0.3 is 4.57 Å². The smallest absolute Gasteiger partial charge is 0.269 e. The number of pyridine rings is 1. The van der Waals surface area contributed by atoms with Crippen molar-refractivity contribution < 1.29 is 4.92 Å². The molecule has 0 fully saturated rings. The quantitative estimate of drug-likeness (QED) is 0.406. The Kier molecular flexibility index (Phi) is 3.14. The largest absolute Gasteiger partial charge is 0.343 e. The predicted molar refractivity (Wildman–Crippen MR) is 82.6 cm³/mol. The first kappa shape index (κ1) is 13.6. The molecule has 2 aromatic heterocycles. The number of aromatic nitrogens is 2. The topological polar surface area (TPSA) is 61.0 Å². The van der Waals surface area contributed by atoms with Crippen LogP contribution < -0.4 is 0 Å². The predicted octanol–water partition coefficient (Wildman–Crippen LogP) is 4.11. The van der Waals surface area contributed by atoms with Crippen LogP contribution in [-0.2, 0) is 7.05 Å². The van der Waals surface area contributed by atoms with E-state index in [1.54, 1.807) is 18.3 Å². The van der Waals surface area contributed by atoms with Gasteiger partial charge in [0.05, 0.1) is 10.4 Å². The van der Waals surface area contributed by atoms with E-state index >= 15 is 0 Å². The van der Waals surface area contributed by atoms with Crippen molar-refractivity contribution in [3.05, 3.63) is 57.4 Å². The maximum absolute atomic E-state index is 10.8. The third-order valence-electron chi connectivity index (χ3n) is 3.62. The number of halogens is 1. The lowest BCUT2D eigenvalue weighted by Gasteiger charge is -2.07. The Labute approximate surface area is 125 Å². The normalized spacial score (nSPS) is 11.0. The summed E-state index contributed by atoms with van der Waals surface area (Å²) in [5, 5.41) is 12.2. The lowest BCUT2D eigenvalue weighted by Crippen LogP contribution is -1.95. The summed E-state index contributed by atoms with van der Waals surface area (Å²) in [6, 6.07) is 8.71. The Hall–Kier alpha value is -2.40. The van der Waals surface area contributed by atoms with Crippen LogP contribution in [0.1, 0.15) is 5.56 Å². The van der Waals surface area contributed by atoms with Crippen molar-refractivity contribution in [2.45, 2.75) is 6.92 Å². The zero-order chi connectivity index (χ0) is 15.1. The highest BCUT2D eigenvalue weighted by Crippen LogP contribution is 2.33. The minimum absolute atomic E-state index is 0.0923. The number of fused-ring (bicyclic) bond motifs is 1. The molecule has 0 aliphatic rings. The molecule has 0 atom stereocenters. The summed E-state index contributed by atoms with van der Waals surface area (Å²) in [5.41, 5.74) is 3.80. The third-order valence-corrected chi connectivity index (χ3v) is 3.92. The molecular formula is C15H12ClN3O2. The number of nitro benzene ring substituents is 1. The fourth-order valence-corrected chi connectivity index (χ4v) is 2.74. The average Bonchev–Trinajstić information content (AvgIpc) is 2.78. The van der Waals surface area contributed by atoms with Crippen molar-refractivity contribution in [1.29, 1.82) is 0 Å². The summed E-state index contributed by atoms with van der Waals surface area (Å²) in [7, 11) is 1.94. The van der Waals surface area contributed by atoms with Crippen LogP contribution >= 0.6 is 11.6 Å². The number of benzene rings is 1. The summed E-state index contributed by atoms with van der Waals surface area (Å²) in [5.74, 6) is 0. The van der Waals surface area contributed by atoms with E-state index in [-0.39, 0.29) is 10.6 Å². The lowest BCUT2D eigenvalue weighted by molar-refractivity contribution is -0.384. The third kappa shape index (κ3) is 2.15. The number of hydrogen-bond donors (Lipinski definition) is 0. The highest BCUT2D eigenvalue weighted by Gasteiger charge is 2.14. The van der Waals surface area contributed by atoms with Gasteiger partial charge in [-0.05, 0) is 30.7 Å². The second kappa shape index (κ2) is 4.86. The molecule has 0 saturated carbocycles. The van der Waals surface area contributed by atoms with E-state index in [2.05, 4.69) is 4.98 Å². The van der Waals surface area contributed by atoms with E-state index in [0.717, 1.165) is 27.7 Å². The molecule has 0 spiro atoms. The monoisotopic (exact) mass is 301 g/mol. The molecule has 0 saturated heterocycles. The second-order valence-electron chi connectivity index (χ2n) is 4.88. The van der Waals surface area contributed by atoms with Crippen LogP contribution in [0.4, 0.5) is 5.69 Å². The number of rotatable bonds is 2. The number of hydrogen-bond acceptors (Lipinski definition) is 3. The number of non-ortho nitro benzene ring substituents is 1. The van der Waals surface area contributed by atoms with Gasteiger partial charge in [0, 0.05) is 42.0 Å². The standard InChI is InChI=1S/C15H12ClN3O2/c1-9-7-10(19(20)21)3-4-11(9)14-8-12-13(18(14)2)5-6-17-15(12)16/h3-8H,1-2H3. The number of nitro groups is 1. The van der Waals surface area contributed by atoms with Crippen molar-refractivity contribution in [2.75, 3.05) is 0 Å². The lowest BCUT2D eigenvalue weighted by atomic mass is 10.0. The Morgan fingerprint density at radius 1 is 1.29 bits per heavy atom. The highest BCUT2D eigenvalue weighted by atomic mass is 35.5. The van der Waals surface area contributed by atoms with Crippen LogP contribution in [0.2, 0.25) is 5.15 Å². The zero-order valence-corrected chi connectivity index (χ0v) is 12.3. The summed E-state index contributed by atoms with van der Waals surface area (Å²) >= 11 is 6.12. The summed E-state index contributed by atoms with van der Waals surface area (Å²) in [4.78, 5) is 14.5. The first-order valence-corrected chi connectivity index (χ1v) is 6.72.